The zero-order valence-electron chi connectivity index (χ0n) is 16.4. The standard InChI is InChI=1S/C20H18F3N5OS/c1-10-11(2)27-28-18-14(10)15-16(30-18)17(26-9-25-15)24-8-12-4-6-13(7-5-12)19(3,29)20(21,22)23/h4-7,9,29H,8H2,1-3H3,(H,24,25,26). The number of alkyl halides is 3. The van der Waals surface area contributed by atoms with Gasteiger partial charge < -0.3 is 10.4 Å². The quantitative estimate of drug-likeness (QED) is 0.488. The molecule has 3 aromatic heterocycles. The number of aromatic nitrogens is 4. The van der Waals surface area contributed by atoms with Gasteiger partial charge in [0.1, 0.15) is 17.0 Å². The topological polar surface area (TPSA) is 83.8 Å². The second-order valence-electron chi connectivity index (χ2n) is 7.21. The van der Waals surface area contributed by atoms with Gasteiger partial charge in [0.15, 0.2) is 5.60 Å². The Morgan fingerprint density at radius 2 is 1.77 bits per heavy atom. The van der Waals surface area contributed by atoms with E-state index < -0.39 is 11.8 Å². The Hall–Kier alpha value is -2.85. The summed E-state index contributed by atoms with van der Waals surface area (Å²) in [5.74, 6) is 0.617. The van der Waals surface area contributed by atoms with Crippen molar-refractivity contribution in [1.29, 1.82) is 0 Å². The first-order valence-electron chi connectivity index (χ1n) is 9.09. The summed E-state index contributed by atoms with van der Waals surface area (Å²) >= 11 is 1.44. The van der Waals surface area contributed by atoms with Crippen LogP contribution in [0.25, 0.3) is 20.4 Å². The number of thiophene rings is 1. The first-order valence-corrected chi connectivity index (χ1v) is 9.90. The van der Waals surface area contributed by atoms with Gasteiger partial charge in [0.05, 0.1) is 15.9 Å². The number of aliphatic hydroxyl groups is 1. The van der Waals surface area contributed by atoms with Crippen molar-refractivity contribution in [1.82, 2.24) is 20.2 Å². The van der Waals surface area contributed by atoms with Crippen LogP contribution in [0, 0.1) is 13.8 Å². The van der Waals surface area contributed by atoms with Gasteiger partial charge in [-0.25, -0.2) is 9.97 Å². The van der Waals surface area contributed by atoms with Crippen LogP contribution in [-0.4, -0.2) is 31.4 Å². The molecule has 4 rings (SSSR count). The highest BCUT2D eigenvalue weighted by molar-refractivity contribution is 7.25. The van der Waals surface area contributed by atoms with Gasteiger partial charge in [-0.1, -0.05) is 24.3 Å². The molecule has 1 unspecified atom stereocenters. The van der Waals surface area contributed by atoms with Crippen molar-refractivity contribution in [2.45, 2.75) is 39.1 Å². The zero-order chi connectivity index (χ0) is 21.7. The van der Waals surface area contributed by atoms with E-state index in [4.69, 9.17) is 0 Å². The number of hydrogen-bond acceptors (Lipinski definition) is 7. The summed E-state index contributed by atoms with van der Waals surface area (Å²) in [6.07, 6.45) is -3.28. The van der Waals surface area contributed by atoms with Crippen molar-refractivity contribution in [3.8, 4) is 0 Å². The predicted molar refractivity (Wildman–Crippen MR) is 109 cm³/mol. The van der Waals surface area contributed by atoms with Crippen molar-refractivity contribution in [2.75, 3.05) is 5.32 Å². The SMILES string of the molecule is Cc1nnc2sc3c(NCc4ccc(C(C)(O)C(F)(F)F)cc4)ncnc3c2c1C. The van der Waals surface area contributed by atoms with Gasteiger partial charge in [-0.2, -0.15) is 18.3 Å². The van der Waals surface area contributed by atoms with Crippen molar-refractivity contribution in [3.05, 3.63) is 53.0 Å². The molecule has 0 radical (unpaired) electrons. The van der Waals surface area contributed by atoms with Crippen LogP contribution in [0.3, 0.4) is 0 Å². The molecular weight excluding hydrogens is 415 g/mol. The second-order valence-corrected chi connectivity index (χ2v) is 8.21. The molecule has 156 valence electrons. The normalized spacial score (nSPS) is 14.2. The van der Waals surface area contributed by atoms with Gasteiger partial charge in [0.25, 0.3) is 0 Å². The number of fused-ring (bicyclic) bond motifs is 3. The lowest BCUT2D eigenvalue weighted by Gasteiger charge is -2.26. The highest BCUT2D eigenvalue weighted by atomic mass is 32.1. The Bertz CT molecular complexity index is 1240. The van der Waals surface area contributed by atoms with Crippen LogP contribution in [0.2, 0.25) is 0 Å². The third kappa shape index (κ3) is 3.35. The third-order valence-corrected chi connectivity index (χ3v) is 6.26. The number of hydrogen-bond donors (Lipinski definition) is 2. The molecule has 0 aliphatic rings. The number of rotatable bonds is 4. The molecule has 0 saturated heterocycles. The summed E-state index contributed by atoms with van der Waals surface area (Å²) in [5.41, 5.74) is 0.285. The molecular formula is C20H18F3N5OS. The van der Waals surface area contributed by atoms with Crippen molar-refractivity contribution in [3.63, 3.8) is 0 Å². The number of aryl methyl sites for hydroxylation is 2. The van der Waals surface area contributed by atoms with Crippen LogP contribution >= 0.6 is 11.3 Å². The van der Waals surface area contributed by atoms with Crippen LogP contribution in [0.5, 0.6) is 0 Å². The van der Waals surface area contributed by atoms with E-state index in [1.807, 2.05) is 13.8 Å². The van der Waals surface area contributed by atoms with Crippen LogP contribution in [0.15, 0.2) is 30.6 Å². The molecule has 0 bridgehead atoms. The largest absolute Gasteiger partial charge is 0.421 e. The van der Waals surface area contributed by atoms with Crippen molar-refractivity contribution >= 4 is 37.6 Å². The molecule has 30 heavy (non-hydrogen) atoms. The lowest BCUT2D eigenvalue weighted by molar-refractivity contribution is -0.258. The molecule has 10 heteroatoms. The van der Waals surface area contributed by atoms with Crippen LogP contribution in [0.4, 0.5) is 19.0 Å². The number of halogens is 3. The highest BCUT2D eigenvalue weighted by Gasteiger charge is 2.51. The summed E-state index contributed by atoms with van der Waals surface area (Å²) < 4.78 is 39.8. The second kappa shape index (κ2) is 7.13. The van der Waals surface area contributed by atoms with Gasteiger partial charge in [0.2, 0.25) is 0 Å². The smallest absolute Gasteiger partial charge is 0.376 e. The first-order chi connectivity index (χ1) is 14.1. The summed E-state index contributed by atoms with van der Waals surface area (Å²) in [4.78, 5) is 9.49. The maximum Gasteiger partial charge on any atom is 0.421 e. The van der Waals surface area contributed by atoms with E-state index in [0.717, 1.165) is 44.2 Å². The molecule has 0 saturated carbocycles. The Labute approximate surface area is 173 Å². The Morgan fingerprint density at radius 3 is 2.43 bits per heavy atom. The Kier molecular flexibility index (Phi) is 4.86. The van der Waals surface area contributed by atoms with Gasteiger partial charge in [-0.3, -0.25) is 0 Å². The van der Waals surface area contributed by atoms with E-state index >= 15 is 0 Å². The average Bonchev–Trinajstić information content (AvgIpc) is 3.08. The minimum Gasteiger partial charge on any atom is -0.376 e. The first kappa shape index (κ1) is 20.4. The number of nitrogens with one attached hydrogen (secondary N) is 1. The number of benzene rings is 1. The fourth-order valence-electron chi connectivity index (χ4n) is 3.10. The van der Waals surface area contributed by atoms with Crippen LogP contribution < -0.4 is 5.32 Å². The fourth-order valence-corrected chi connectivity index (χ4v) is 4.20. The van der Waals surface area contributed by atoms with E-state index in [-0.39, 0.29) is 5.56 Å². The zero-order valence-corrected chi connectivity index (χ0v) is 17.2. The van der Waals surface area contributed by atoms with Gasteiger partial charge in [-0.15, -0.1) is 16.4 Å². The lowest BCUT2D eigenvalue weighted by Crippen LogP contribution is -2.39. The van der Waals surface area contributed by atoms with E-state index in [9.17, 15) is 18.3 Å². The van der Waals surface area contributed by atoms with E-state index in [1.54, 1.807) is 12.1 Å². The van der Waals surface area contributed by atoms with Crippen molar-refractivity contribution < 1.29 is 18.3 Å². The average molecular weight is 433 g/mol. The van der Waals surface area contributed by atoms with Gasteiger partial charge >= 0.3 is 6.18 Å². The van der Waals surface area contributed by atoms with Crippen LogP contribution in [0.1, 0.15) is 29.3 Å². The number of nitrogens with zero attached hydrogens (tertiary/aromatic N) is 4. The maximum absolute atomic E-state index is 13.0. The Balaban J connectivity index is 1.61. The maximum atomic E-state index is 13.0. The van der Waals surface area contributed by atoms with Crippen molar-refractivity contribution in [2.24, 2.45) is 0 Å². The molecule has 1 aromatic carbocycles. The van der Waals surface area contributed by atoms with Crippen LogP contribution in [-0.2, 0) is 12.1 Å². The molecule has 1 atom stereocenters. The molecule has 0 spiro atoms. The molecule has 2 N–H and O–H groups in total. The van der Waals surface area contributed by atoms with E-state index in [2.05, 4.69) is 25.5 Å². The predicted octanol–water partition coefficient (Wildman–Crippen LogP) is 4.63. The minimum atomic E-state index is -4.75. The highest BCUT2D eigenvalue weighted by Crippen LogP contribution is 2.39. The Morgan fingerprint density at radius 1 is 1.07 bits per heavy atom. The molecule has 0 amide bonds. The van der Waals surface area contributed by atoms with Gasteiger partial charge in [-0.05, 0) is 37.5 Å². The molecule has 0 aliphatic carbocycles. The summed E-state index contributed by atoms with van der Waals surface area (Å²) in [6, 6.07) is 5.65. The molecule has 4 aromatic rings. The summed E-state index contributed by atoms with van der Waals surface area (Å²) in [6.45, 7) is 4.96. The summed E-state index contributed by atoms with van der Waals surface area (Å²) in [7, 11) is 0. The molecule has 0 aliphatic heterocycles. The molecule has 6 nitrogen and oxygen atoms in total. The van der Waals surface area contributed by atoms with E-state index in [1.165, 1.54) is 29.8 Å². The third-order valence-electron chi connectivity index (χ3n) is 5.19. The molecule has 3 heterocycles. The lowest BCUT2D eigenvalue weighted by atomic mass is 9.94. The minimum absolute atomic E-state index is 0.211. The fraction of sp³-hybridized carbons (Fsp3) is 0.300. The monoisotopic (exact) mass is 433 g/mol. The van der Waals surface area contributed by atoms with E-state index in [0.29, 0.717) is 12.4 Å². The van der Waals surface area contributed by atoms with Gasteiger partial charge in [0, 0.05) is 11.9 Å². The number of anilines is 1. The molecule has 0 fully saturated rings. The summed E-state index contributed by atoms with van der Waals surface area (Å²) in [5, 5.41) is 22.4.